The fourth-order valence-corrected chi connectivity index (χ4v) is 2.77. The van der Waals surface area contributed by atoms with E-state index in [2.05, 4.69) is 4.74 Å². The molecule has 0 saturated heterocycles. The largest absolute Gasteiger partial charge is 0.479 e. The van der Waals surface area contributed by atoms with Crippen molar-refractivity contribution in [1.82, 2.24) is 0 Å². The van der Waals surface area contributed by atoms with Gasteiger partial charge in [-0.15, -0.1) is 0 Å². The SMILES string of the molecule is CCOC(=O)c1c(-c2ccccc2)oc2ccc(O[C@H](C)C(=O)OC)cc12. The molecule has 0 aliphatic carbocycles. The van der Waals surface area contributed by atoms with E-state index >= 15 is 0 Å². The molecule has 0 bridgehead atoms. The Bertz CT molecular complexity index is 957. The van der Waals surface area contributed by atoms with Crippen LogP contribution in [0.25, 0.3) is 22.3 Å². The minimum Gasteiger partial charge on any atom is -0.479 e. The summed E-state index contributed by atoms with van der Waals surface area (Å²) in [6, 6.07) is 14.4. The predicted octanol–water partition coefficient (Wildman–Crippen LogP) is 4.22. The zero-order chi connectivity index (χ0) is 19.4. The Morgan fingerprint density at radius 1 is 1.11 bits per heavy atom. The van der Waals surface area contributed by atoms with E-state index in [-0.39, 0.29) is 6.61 Å². The van der Waals surface area contributed by atoms with Crippen LogP contribution in [-0.4, -0.2) is 31.8 Å². The second-order valence-corrected chi connectivity index (χ2v) is 5.83. The molecular weight excluding hydrogens is 348 g/mol. The van der Waals surface area contributed by atoms with Crippen LogP contribution in [-0.2, 0) is 14.3 Å². The first-order chi connectivity index (χ1) is 13.0. The molecule has 0 unspecified atom stereocenters. The summed E-state index contributed by atoms with van der Waals surface area (Å²) >= 11 is 0. The monoisotopic (exact) mass is 368 g/mol. The third-order valence-corrected chi connectivity index (χ3v) is 4.02. The predicted molar refractivity (Wildman–Crippen MR) is 99.7 cm³/mol. The summed E-state index contributed by atoms with van der Waals surface area (Å²) in [4.78, 5) is 24.2. The highest BCUT2D eigenvalue weighted by Crippen LogP contribution is 2.36. The van der Waals surface area contributed by atoms with Gasteiger partial charge in [-0.3, -0.25) is 0 Å². The maximum atomic E-state index is 12.6. The molecule has 0 aliphatic heterocycles. The van der Waals surface area contributed by atoms with E-state index in [0.717, 1.165) is 5.56 Å². The van der Waals surface area contributed by atoms with Gasteiger partial charge in [-0.2, -0.15) is 0 Å². The molecule has 1 heterocycles. The van der Waals surface area contributed by atoms with E-state index in [4.69, 9.17) is 13.9 Å². The standard InChI is InChI=1S/C21H20O6/c1-4-25-21(23)18-16-12-15(26-13(2)20(22)24-3)10-11-17(16)27-19(18)14-8-6-5-7-9-14/h5-13H,4H2,1-3H3/t13-/m1/s1. The van der Waals surface area contributed by atoms with Gasteiger partial charge >= 0.3 is 11.9 Å². The molecule has 0 fully saturated rings. The number of hydrogen-bond donors (Lipinski definition) is 0. The number of hydrogen-bond acceptors (Lipinski definition) is 6. The van der Waals surface area contributed by atoms with Gasteiger partial charge in [0.2, 0.25) is 0 Å². The van der Waals surface area contributed by atoms with Gasteiger partial charge in [0.25, 0.3) is 0 Å². The average Bonchev–Trinajstić information content (AvgIpc) is 3.07. The van der Waals surface area contributed by atoms with Gasteiger partial charge < -0.3 is 18.6 Å². The fraction of sp³-hybridized carbons (Fsp3) is 0.238. The maximum absolute atomic E-state index is 12.6. The number of furan rings is 1. The number of esters is 2. The highest BCUT2D eigenvalue weighted by Gasteiger charge is 2.24. The van der Waals surface area contributed by atoms with Gasteiger partial charge in [0.05, 0.1) is 13.7 Å². The summed E-state index contributed by atoms with van der Waals surface area (Å²) in [7, 11) is 1.30. The second kappa shape index (κ2) is 7.95. The molecule has 0 radical (unpaired) electrons. The van der Waals surface area contributed by atoms with Crippen molar-refractivity contribution in [3.63, 3.8) is 0 Å². The summed E-state index contributed by atoms with van der Waals surface area (Å²) in [5.41, 5.74) is 1.62. The number of benzene rings is 2. The molecule has 0 saturated carbocycles. The van der Waals surface area contributed by atoms with Crippen LogP contribution in [0.2, 0.25) is 0 Å². The van der Waals surface area contributed by atoms with E-state index in [1.165, 1.54) is 7.11 Å². The minimum atomic E-state index is -0.779. The Hall–Kier alpha value is -3.28. The summed E-state index contributed by atoms with van der Waals surface area (Å²) < 4.78 is 21.4. The van der Waals surface area contributed by atoms with Crippen LogP contribution in [0.5, 0.6) is 5.75 Å². The van der Waals surface area contributed by atoms with Gasteiger partial charge in [-0.25, -0.2) is 9.59 Å². The van der Waals surface area contributed by atoms with E-state index in [9.17, 15) is 9.59 Å². The van der Waals surface area contributed by atoms with Crippen molar-refractivity contribution in [3.8, 4) is 17.1 Å². The van der Waals surface area contributed by atoms with Crippen molar-refractivity contribution in [2.24, 2.45) is 0 Å². The van der Waals surface area contributed by atoms with Crippen LogP contribution in [0, 0.1) is 0 Å². The lowest BCUT2D eigenvalue weighted by atomic mass is 10.1. The van der Waals surface area contributed by atoms with Crippen molar-refractivity contribution < 1.29 is 28.2 Å². The zero-order valence-corrected chi connectivity index (χ0v) is 15.4. The molecule has 1 aromatic heterocycles. The van der Waals surface area contributed by atoms with Crippen LogP contribution in [0.1, 0.15) is 24.2 Å². The number of carbonyl (C=O) groups is 2. The average molecular weight is 368 g/mol. The zero-order valence-electron chi connectivity index (χ0n) is 15.4. The lowest BCUT2D eigenvalue weighted by molar-refractivity contribution is -0.147. The topological polar surface area (TPSA) is 75.0 Å². The molecule has 2 aromatic carbocycles. The minimum absolute atomic E-state index is 0.245. The van der Waals surface area contributed by atoms with E-state index < -0.39 is 18.0 Å². The van der Waals surface area contributed by atoms with Crippen LogP contribution >= 0.6 is 0 Å². The number of methoxy groups -OCH3 is 1. The third kappa shape index (κ3) is 3.79. The molecule has 3 rings (SSSR count). The van der Waals surface area contributed by atoms with E-state index in [1.54, 1.807) is 32.0 Å². The number of carbonyl (C=O) groups excluding carboxylic acids is 2. The third-order valence-electron chi connectivity index (χ3n) is 4.02. The van der Waals surface area contributed by atoms with Crippen molar-refractivity contribution in [1.29, 1.82) is 0 Å². The molecular formula is C21H20O6. The summed E-state index contributed by atoms with van der Waals surface area (Å²) in [5, 5.41) is 0.557. The molecule has 27 heavy (non-hydrogen) atoms. The number of ether oxygens (including phenoxy) is 3. The Morgan fingerprint density at radius 3 is 2.52 bits per heavy atom. The highest BCUT2D eigenvalue weighted by molar-refractivity contribution is 6.09. The van der Waals surface area contributed by atoms with Crippen molar-refractivity contribution >= 4 is 22.9 Å². The van der Waals surface area contributed by atoms with Gasteiger partial charge in [-0.05, 0) is 32.0 Å². The van der Waals surface area contributed by atoms with Crippen molar-refractivity contribution in [2.75, 3.05) is 13.7 Å². The summed E-state index contributed by atoms with van der Waals surface area (Å²) in [6.07, 6.45) is -0.779. The summed E-state index contributed by atoms with van der Waals surface area (Å²) in [5.74, 6) is -0.111. The first-order valence-corrected chi connectivity index (χ1v) is 8.58. The first kappa shape index (κ1) is 18.5. The highest BCUT2D eigenvalue weighted by atomic mass is 16.6. The van der Waals surface area contributed by atoms with Crippen LogP contribution in [0.15, 0.2) is 52.9 Å². The quantitative estimate of drug-likeness (QED) is 0.607. The molecule has 6 heteroatoms. The lowest BCUT2D eigenvalue weighted by Gasteiger charge is -2.12. The van der Waals surface area contributed by atoms with Gasteiger partial charge in [-0.1, -0.05) is 30.3 Å². The van der Waals surface area contributed by atoms with Crippen LogP contribution < -0.4 is 4.74 Å². The van der Waals surface area contributed by atoms with Crippen LogP contribution in [0.4, 0.5) is 0 Å². The molecule has 1 atom stereocenters. The molecule has 0 amide bonds. The lowest BCUT2D eigenvalue weighted by Crippen LogP contribution is -2.24. The fourth-order valence-electron chi connectivity index (χ4n) is 2.77. The van der Waals surface area contributed by atoms with E-state index in [1.807, 2.05) is 30.3 Å². The molecule has 3 aromatic rings. The molecule has 140 valence electrons. The maximum Gasteiger partial charge on any atom is 0.346 e. The van der Waals surface area contributed by atoms with E-state index in [0.29, 0.717) is 28.0 Å². The van der Waals surface area contributed by atoms with Crippen molar-refractivity contribution in [3.05, 3.63) is 54.1 Å². The first-order valence-electron chi connectivity index (χ1n) is 8.58. The Labute approximate surface area is 156 Å². The molecule has 6 nitrogen and oxygen atoms in total. The normalized spacial score (nSPS) is 11.8. The Balaban J connectivity index is 2.10. The second-order valence-electron chi connectivity index (χ2n) is 5.83. The molecule has 0 spiro atoms. The van der Waals surface area contributed by atoms with Crippen molar-refractivity contribution in [2.45, 2.75) is 20.0 Å². The van der Waals surface area contributed by atoms with Gasteiger partial charge in [0.1, 0.15) is 22.7 Å². The Kier molecular flexibility index (Phi) is 5.45. The Morgan fingerprint density at radius 2 is 1.85 bits per heavy atom. The number of rotatable bonds is 6. The smallest absolute Gasteiger partial charge is 0.346 e. The van der Waals surface area contributed by atoms with Crippen LogP contribution in [0.3, 0.4) is 0 Å². The molecule has 0 N–H and O–H groups in total. The molecule has 0 aliphatic rings. The van der Waals surface area contributed by atoms with Gasteiger partial charge in [0, 0.05) is 10.9 Å². The summed E-state index contributed by atoms with van der Waals surface area (Å²) in [6.45, 7) is 3.58. The number of fused-ring (bicyclic) bond motifs is 1. The van der Waals surface area contributed by atoms with Gasteiger partial charge in [0.15, 0.2) is 6.10 Å².